The number of hydrogen-bond donors (Lipinski definition) is 2. The molecule has 7 heteroatoms. The second-order valence-corrected chi connectivity index (χ2v) is 5.86. The molecule has 0 fully saturated rings. The largest absolute Gasteiger partial charge is 0.493 e. The van der Waals surface area contributed by atoms with Gasteiger partial charge in [-0.3, -0.25) is 4.79 Å². The summed E-state index contributed by atoms with van der Waals surface area (Å²) in [5, 5.41) is 5.48. The summed E-state index contributed by atoms with van der Waals surface area (Å²) in [5.41, 5.74) is 7.11. The number of fused-ring (bicyclic) bond motifs is 1. The lowest BCUT2D eigenvalue weighted by Gasteiger charge is -2.25. The van der Waals surface area contributed by atoms with Crippen molar-refractivity contribution in [3.05, 3.63) is 45.9 Å². The highest BCUT2D eigenvalue weighted by Crippen LogP contribution is 2.32. The molecule has 0 radical (unpaired) electrons. The molecule has 1 aromatic carbocycles. The van der Waals surface area contributed by atoms with Gasteiger partial charge in [0.15, 0.2) is 0 Å². The maximum Gasteiger partial charge on any atom is 0.270 e. The Morgan fingerprint density at radius 2 is 2.27 bits per heavy atom. The van der Waals surface area contributed by atoms with Crippen molar-refractivity contribution >= 4 is 29.7 Å². The average Bonchev–Trinajstić information content (AvgIpc) is 3.01. The fraction of sp³-hybridized carbons (Fsp3) is 0.333. The monoisotopic (exact) mass is 339 g/mol. The predicted octanol–water partition coefficient (Wildman–Crippen LogP) is 2.32. The number of halogens is 1. The number of hydrogen-bond acceptors (Lipinski definition) is 5. The summed E-state index contributed by atoms with van der Waals surface area (Å²) < 4.78 is 5.63. The zero-order valence-corrected chi connectivity index (χ0v) is 13.6. The Kier molecular flexibility index (Phi) is 5.76. The first kappa shape index (κ1) is 16.7. The maximum atomic E-state index is 12.1. The van der Waals surface area contributed by atoms with E-state index in [4.69, 9.17) is 10.5 Å². The van der Waals surface area contributed by atoms with E-state index in [0.29, 0.717) is 25.4 Å². The summed E-state index contributed by atoms with van der Waals surface area (Å²) in [6.07, 6.45) is 0.905. The molecule has 0 spiro atoms. The third-order valence-electron chi connectivity index (χ3n) is 3.55. The number of para-hydroxylation sites is 1. The standard InChI is InChI=1S/C15H17N3O2S.ClH/c16-7-14-18-12(9-21-14)15(19)17-8-10-5-6-20-13-4-2-1-3-11(10)13;/h1-4,9-10H,5-8,16H2,(H,17,19);1H. The lowest BCUT2D eigenvalue weighted by molar-refractivity contribution is 0.0944. The molecule has 2 aromatic rings. The lowest BCUT2D eigenvalue weighted by Crippen LogP contribution is -2.31. The SMILES string of the molecule is Cl.NCc1nc(C(=O)NCC2CCOc3ccccc32)cs1. The average molecular weight is 340 g/mol. The van der Waals surface area contributed by atoms with Crippen LogP contribution in [0.2, 0.25) is 0 Å². The Hall–Kier alpha value is -1.63. The van der Waals surface area contributed by atoms with Crippen molar-refractivity contribution in [3.8, 4) is 5.75 Å². The molecule has 1 atom stereocenters. The Morgan fingerprint density at radius 1 is 1.45 bits per heavy atom. The van der Waals surface area contributed by atoms with Crippen LogP contribution in [0.3, 0.4) is 0 Å². The normalized spacial score (nSPS) is 16.1. The molecule has 0 bridgehead atoms. The fourth-order valence-electron chi connectivity index (χ4n) is 2.44. The number of nitrogens with zero attached hydrogens (tertiary/aromatic N) is 1. The predicted molar refractivity (Wildman–Crippen MR) is 88.9 cm³/mol. The van der Waals surface area contributed by atoms with Gasteiger partial charge in [-0.1, -0.05) is 18.2 Å². The number of thiazole rings is 1. The van der Waals surface area contributed by atoms with Crippen LogP contribution in [0.5, 0.6) is 5.75 Å². The van der Waals surface area contributed by atoms with Gasteiger partial charge in [0.1, 0.15) is 16.5 Å². The van der Waals surface area contributed by atoms with Crippen LogP contribution >= 0.6 is 23.7 Å². The summed E-state index contributed by atoms with van der Waals surface area (Å²) in [5.74, 6) is 1.06. The molecule has 0 aliphatic carbocycles. The summed E-state index contributed by atoms with van der Waals surface area (Å²) in [6.45, 7) is 1.64. The second-order valence-electron chi connectivity index (χ2n) is 4.91. The van der Waals surface area contributed by atoms with Crippen LogP contribution in [0, 0.1) is 0 Å². The maximum absolute atomic E-state index is 12.1. The van der Waals surface area contributed by atoms with Crippen LogP contribution in [0.15, 0.2) is 29.6 Å². The molecule has 0 saturated carbocycles. The highest BCUT2D eigenvalue weighted by Gasteiger charge is 2.22. The van der Waals surface area contributed by atoms with Gasteiger partial charge in [0, 0.05) is 24.4 Å². The molecule has 1 amide bonds. The van der Waals surface area contributed by atoms with Crippen molar-refractivity contribution in [2.45, 2.75) is 18.9 Å². The molecular formula is C15H18ClN3O2S. The van der Waals surface area contributed by atoms with E-state index in [2.05, 4.69) is 16.4 Å². The minimum atomic E-state index is -0.144. The van der Waals surface area contributed by atoms with Crippen molar-refractivity contribution in [3.63, 3.8) is 0 Å². The van der Waals surface area contributed by atoms with E-state index in [-0.39, 0.29) is 24.2 Å². The highest BCUT2D eigenvalue weighted by atomic mass is 35.5. The third-order valence-corrected chi connectivity index (χ3v) is 4.42. The number of amides is 1. The number of carbonyl (C=O) groups is 1. The zero-order chi connectivity index (χ0) is 14.7. The van der Waals surface area contributed by atoms with Gasteiger partial charge in [0.2, 0.25) is 0 Å². The summed E-state index contributed by atoms with van der Waals surface area (Å²) in [6, 6.07) is 7.98. The van der Waals surface area contributed by atoms with Crippen LogP contribution in [0.1, 0.15) is 33.4 Å². The first-order valence-electron chi connectivity index (χ1n) is 6.92. The molecule has 3 N–H and O–H groups in total. The van der Waals surface area contributed by atoms with E-state index >= 15 is 0 Å². The van der Waals surface area contributed by atoms with Gasteiger partial charge >= 0.3 is 0 Å². The minimum Gasteiger partial charge on any atom is -0.493 e. The number of ether oxygens (including phenoxy) is 1. The number of rotatable bonds is 4. The summed E-state index contributed by atoms with van der Waals surface area (Å²) in [7, 11) is 0. The highest BCUT2D eigenvalue weighted by molar-refractivity contribution is 7.09. The lowest BCUT2D eigenvalue weighted by atomic mass is 9.93. The molecule has 22 heavy (non-hydrogen) atoms. The van der Waals surface area contributed by atoms with Crippen molar-refractivity contribution in [1.29, 1.82) is 0 Å². The van der Waals surface area contributed by atoms with Gasteiger partial charge in [0.05, 0.1) is 6.61 Å². The smallest absolute Gasteiger partial charge is 0.270 e. The summed E-state index contributed by atoms with van der Waals surface area (Å²) in [4.78, 5) is 16.3. The van der Waals surface area contributed by atoms with Crippen molar-refractivity contribution in [1.82, 2.24) is 10.3 Å². The van der Waals surface area contributed by atoms with Crippen LogP contribution in [0.25, 0.3) is 0 Å². The number of aromatic nitrogens is 1. The third kappa shape index (κ3) is 3.58. The van der Waals surface area contributed by atoms with Gasteiger partial charge in [-0.05, 0) is 18.1 Å². The van der Waals surface area contributed by atoms with Gasteiger partial charge < -0.3 is 15.8 Å². The summed E-state index contributed by atoms with van der Waals surface area (Å²) >= 11 is 1.41. The molecule has 1 unspecified atom stereocenters. The quantitative estimate of drug-likeness (QED) is 0.896. The topological polar surface area (TPSA) is 77.2 Å². The number of benzene rings is 1. The second kappa shape index (κ2) is 7.58. The van der Waals surface area contributed by atoms with Crippen molar-refractivity contribution in [2.75, 3.05) is 13.2 Å². The molecule has 5 nitrogen and oxygen atoms in total. The molecule has 118 valence electrons. The van der Waals surface area contributed by atoms with Crippen LogP contribution in [0.4, 0.5) is 0 Å². The van der Waals surface area contributed by atoms with E-state index in [1.165, 1.54) is 11.3 Å². The van der Waals surface area contributed by atoms with Gasteiger partial charge in [-0.25, -0.2) is 4.98 Å². The fourth-order valence-corrected chi connectivity index (χ4v) is 3.10. The minimum absolute atomic E-state index is 0. The van der Waals surface area contributed by atoms with E-state index in [1.807, 2.05) is 18.2 Å². The van der Waals surface area contributed by atoms with Crippen LogP contribution in [-0.4, -0.2) is 24.0 Å². The Labute approximate surface area is 139 Å². The molecule has 3 rings (SSSR count). The van der Waals surface area contributed by atoms with Gasteiger partial charge in [0.25, 0.3) is 5.91 Å². The molecule has 1 aliphatic heterocycles. The van der Waals surface area contributed by atoms with Crippen LogP contribution in [-0.2, 0) is 6.54 Å². The number of nitrogens with two attached hydrogens (primary N) is 1. The Bertz CT molecular complexity index is 647. The van der Waals surface area contributed by atoms with Crippen molar-refractivity contribution in [2.24, 2.45) is 5.73 Å². The molecule has 0 saturated heterocycles. The van der Waals surface area contributed by atoms with Crippen molar-refractivity contribution < 1.29 is 9.53 Å². The molecular weight excluding hydrogens is 322 g/mol. The van der Waals surface area contributed by atoms with E-state index < -0.39 is 0 Å². The number of nitrogens with one attached hydrogen (secondary N) is 1. The first-order chi connectivity index (χ1) is 10.3. The van der Waals surface area contributed by atoms with Crippen LogP contribution < -0.4 is 15.8 Å². The molecule has 1 aromatic heterocycles. The van der Waals surface area contributed by atoms with E-state index in [0.717, 1.165) is 22.7 Å². The van der Waals surface area contributed by atoms with E-state index in [1.54, 1.807) is 5.38 Å². The Balaban J connectivity index is 0.00000176. The number of carbonyl (C=O) groups excluding carboxylic acids is 1. The Morgan fingerprint density at radius 3 is 3.05 bits per heavy atom. The molecule has 2 heterocycles. The van der Waals surface area contributed by atoms with Gasteiger partial charge in [-0.2, -0.15) is 0 Å². The van der Waals surface area contributed by atoms with Gasteiger partial charge in [-0.15, -0.1) is 23.7 Å². The van der Waals surface area contributed by atoms with E-state index in [9.17, 15) is 4.79 Å². The zero-order valence-electron chi connectivity index (χ0n) is 12.0. The molecule has 1 aliphatic rings. The first-order valence-corrected chi connectivity index (χ1v) is 7.80.